The molecule has 29 heavy (non-hydrogen) atoms. The molecule has 3 nitrogen and oxygen atoms in total. The van der Waals surface area contributed by atoms with Crippen LogP contribution in [0.25, 0.3) is 5.57 Å². The van der Waals surface area contributed by atoms with E-state index in [-0.39, 0.29) is 11.9 Å². The van der Waals surface area contributed by atoms with Crippen molar-refractivity contribution in [2.24, 2.45) is 0 Å². The third-order valence-electron chi connectivity index (χ3n) is 5.19. The van der Waals surface area contributed by atoms with Crippen LogP contribution in [0.3, 0.4) is 0 Å². The van der Waals surface area contributed by atoms with E-state index in [9.17, 15) is 4.79 Å². The molecule has 0 aromatic heterocycles. The first-order valence-electron chi connectivity index (χ1n) is 11.0. The van der Waals surface area contributed by atoms with Gasteiger partial charge in [-0.15, -0.1) is 0 Å². The van der Waals surface area contributed by atoms with E-state index in [0.29, 0.717) is 5.69 Å². The van der Waals surface area contributed by atoms with Crippen molar-refractivity contribution in [1.82, 2.24) is 5.32 Å². The van der Waals surface area contributed by atoms with Crippen LogP contribution in [0.15, 0.2) is 60.7 Å². The highest BCUT2D eigenvalue weighted by Crippen LogP contribution is 2.24. The van der Waals surface area contributed by atoms with E-state index < -0.39 is 0 Å². The second-order valence-electron chi connectivity index (χ2n) is 7.87. The van der Waals surface area contributed by atoms with Gasteiger partial charge in [0.25, 0.3) is 0 Å². The molecule has 1 unspecified atom stereocenters. The third kappa shape index (κ3) is 8.55. The Bertz CT molecular complexity index is 767. The number of benzene rings is 2. The fraction of sp³-hybridized carbons (Fsp3) is 0.423. The van der Waals surface area contributed by atoms with Crippen LogP contribution >= 0.6 is 0 Å². The Morgan fingerprint density at radius 3 is 2.28 bits per heavy atom. The molecule has 0 saturated heterocycles. The van der Waals surface area contributed by atoms with Crippen LogP contribution in [0.2, 0.25) is 0 Å². The number of nitrogens with one attached hydrogen (secondary N) is 1. The molecular weight excluding hydrogens is 356 g/mol. The maximum absolute atomic E-state index is 12.7. The molecule has 0 aliphatic rings. The Morgan fingerprint density at radius 2 is 1.59 bits per heavy atom. The molecule has 2 rings (SSSR count). The van der Waals surface area contributed by atoms with Crippen LogP contribution < -0.4 is 11.1 Å². The van der Waals surface area contributed by atoms with Gasteiger partial charge in [0.1, 0.15) is 0 Å². The Kier molecular flexibility index (Phi) is 10.1. The highest BCUT2D eigenvalue weighted by atomic mass is 16.1. The van der Waals surface area contributed by atoms with Gasteiger partial charge in [0.05, 0.1) is 0 Å². The van der Waals surface area contributed by atoms with Crippen molar-refractivity contribution in [1.29, 1.82) is 0 Å². The lowest BCUT2D eigenvalue weighted by molar-refractivity contribution is -0.117. The van der Waals surface area contributed by atoms with Gasteiger partial charge in [-0.3, -0.25) is 4.79 Å². The van der Waals surface area contributed by atoms with Crippen LogP contribution in [0, 0.1) is 0 Å². The quantitative estimate of drug-likeness (QED) is 0.251. The lowest BCUT2D eigenvalue weighted by Gasteiger charge is -2.14. The number of hydrogen-bond acceptors (Lipinski definition) is 2. The largest absolute Gasteiger partial charge is 0.399 e. The van der Waals surface area contributed by atoms with E-state index in [2.05, 4.69) is 19.2 Å². The van der Waals surface area contributed by atoms with Crippen molar-refractivity contribution >= 4 is 17.2 Å². The maximum atomic E-state index is 12.7. The van der Waals surface area contributed by atoms with E-state index in [1.165, 1.54) is 38.5 Å². The van der Waals surface area contributed by atoms with Crippen LogP contribution in [0.4, 0.5) is 5.69 Å². The second-order valence-corrected chi connectivity index (χ2v) is 7.87. The topological polar surface area (TPSA) is 55.1 Å². The van der Waals surface area contributed by atoms with Crippen LogP contribution in [0.5, 0.6) is 0 Å². The summed E-state index contributed by atoms with van der Waals surface area (Å²) in [6, 6.07) is 17.8. The van der Waals surface area contributed by atoms with Crippen molar-refractivity contribution in [2.75, 3.05) is 5.73 Å². The molecule has 1 amide bonds. The highest BCUT2D eigenvalue weighted by Gasteiger charge is 2.10. The number of anilines is 1. The van der Waals surface area contributed by atoms with Gasteiger partial charge >= 0.3 is 0 Å². The first kappa shape index (κ1) is 22.7. The summed E-state index contributed by atoms with van der Waals surface area (Å²) in [6.45, 7) is 4.33. The molecule has 0 aliphatic heterocycles. The highest BCUT2D eigenvalue weighted by molar-refractivity contribution is 5.99. The molecule has 0 saturated carbocycles. The van der Waals surface area contributed by atoms with Gasteiger partial charge in [-0.25, -0.2) is 0 Å². The second kappa shape index (κ2) is 12.8. The zero-order valence-corrected chi connectivity index (χ0v) is 18.0. The predicted octanol–water partition coefficient (Wildman–Crippen LogP) is 6.35. The lowest BCUT2D eigenvalue weighted by atomic mass is 9.97. The normalized spacial score (nSPS) is 12.6. The van der Waals surface area contributed by atoms with Crippen LogP contribution in [-0.2, 0) is 4.79 Å². The number of nitrogen functional groups attached to an aromatic ring is 1. The van der Waals surface area contributed by atoms with Gasteiger partial charge in [0, 0.05) is 17.8 Å². The number of hydrogen-bond donors (Lipinski definition) is 2. The third-order valence-corrected chi connectivity index (χ3v) is 5.19. The monoisotopic (exact) mass is 392 g/mol. The summed E-state index contributed by atoms with van der Waals surface area (Å²) in [6.07, 6.45) is 11.7. The van der Waals surface area contributed by atoms with Crippen molar-refractivity contribution < 1.29 is 4.79 Å². The number of amides is 1. The molecule has 3 N–H and O–H groups in total. The van der Waals surface area contributed by atoms with E-state index >= 15 is 0 Å². The molecule has 3 heteroatoms. The van der Waals surface area contributed by atoms with Gasteiger partial charge in [-0.05, 0) is 42.2 Å². The van der Waals surface area contributed by atoms with Gasteiger partial charge in [-0.2, -0.15) is 0 Å². The molecule has 0 heterocycles. The molecule has 1 atom stereocenters. The summed E-state index contributed by atoms with van der Waals surface area (Å²) in [5.41, 5.74) is 9.50. The summed E-state index contributed by atoms with van der Waals surface area (Å²) in [7, 11) is 0. The smallest absolute Gasteiger partial charge is 0.244 e. The van der Waals surface area contributed by atoms with Crippen molar-refractivity contribution in [3.8, 4) is 0 Å². The lowest BCUT2D eigenvalue weighted by Crippen LogP contribution is -2.31. The van der Waals surface area contributed by atoms with E-state index in [1.807, 2.05) is 54.6 Å². The fourth-order valence-electron chi connectivity index (χ4n) is 3.55. The number of carbonyl (C=O) groups excluding carboxylic acids is 1. The summed E-state index contributed by atoms with van der Waals surface area (Å²) in [5.74, 6) is -0.0540. The fourth-order valence-corrected chi connectivity index (χ4v) is 3.55. The number of nitrogens with two attached hydrogens (primary N) is 1. The molecule has 156 valence electrons. The van der Waals surface area contributed by atoms with Crippen molar-refractivity contribution in [3.05, 3.63) is 71.8 Å². The minimum atomic E-state index is -0.0540. The minimum Gasteiger partial charge on any atom is -0.399 e. The van der Waals surface area contributed by atoms with Crippen molar-refractivity contribution in [2.45, 2.75) is 71.3 Å². The van der Waals surface area contributed by atoms with Crippen LogP contribution in [0.1, 0.15) is 76.3 Å². The molecule has 0 aliphatic carbocycles. The molecule has 0 spiro atoms. The first-order chi connectivity index (χ1) is 14.1. The summed E-state index contributed by atoms with van der Waals surface area (Å²) in [5, 5.41) is 3.13. The Morgan fingerprint density at radius 1 is 0.931 bits per heavy atom. The minimum absolute atomic E-state index is 0.0540. The number of rotatable bonds is 12. The zero-order valence-electron chi connectivity index (χ0n) is 18.0. The molecule has 2 aromatic carbocycles. The number of carbonyl (C=O) groups is 1. The molecule has 0 radical (unpaired) electrons. The van der Waals surface area contributed by atoms with Crippen molar-refractivity contribution in [3.63, 3.8) is 0 Å². The molecule has 0 bridgehead atoms. The average molecular weight is 393 g/mol. The van der Waals surface area contributed by atoms with Gasteiger partial charge < -0.3 is 11.1 Å². The van der Waals surface area contributed by atoms with E-state index in [1.54, 1.807) is 6.08 Å². The molecule has 2 aromatic rings. The van der Waals surface area contributed by atoms with E-state index in [4.69, 9.17) is 5.73 Å². The van der Waals surface area contributed by atoms with Crippen LogP contribution in [-0.4, -0.2) is 11.9 Å². The Labute approximate surface area is 176 Å². The van der Waals surface area contributed by atoms with Gasteiger partial charge in [0.15, 0.2) is 0 Å². The zero-order chi connectivity index (χ0) is 20.9. The van der Waals surface area contributed by atoms with Gasteiger partial charge in [-0.1, -0.05) is 94.3 Å². The standard InChI is InChI=1S/C26H36N2O/c1-3-4-5-6-7-8-10-14-21(2)28-26(29)20-25(22-15-11-9-12-16-22)23-17-13-18-24(27)19-23/h9,11-13,15-21H,3-8,10,14,27H2,1-2H3,(H,28,29). The average Bonchev–Trinajstić information content (AvgIpc) is 2.72. The SMILES string of the molecule is CCCCCCCCCC(C)NC(=O)C=C(c1ccccc1)c1cccc(N)c1. The molecule has 0 fully saturated rings. The van der Waals surface area contributed by atoms with Gasteiger partial charge in [0.2, 0.25) is 5.91 Å². The Hall–Kier alpha value is -2.55. The maximum Gasteiger partial charge on any atom is 0.244 e. The summed E-state index contributed by atoms with van der Waals surface area (Å²) < 4.78 is 0. The number of unbranched alkanes of at least 4 members (excludes halogenated alkanes) is 6. The van der Waals surface area contributed by atoms with E-state index in [0.717, 1.165) is 29.5 Å². The summed E-state index contributed by atoms with van der Waals surface area (Å²) >= 11 is 0. The molecular formula is C26H36N2O. The Balaban J connectivity index is 1.94. The predicted molar refractivity (Wildman–Crippen MR) is 125 cm³/mol. The first-order valence-corrected chi connectivity index (χ1v) is 11.0. The summed E-state index contributed by atoms with van der Waals surface area (Å²) in [4.78, 5) is 12.7.